The molecule has 2 fully saturated rings. The smallest absolute Gasteiger partial charge is 0.227 e. The number of aromatic nitrogens is 9. The van der Waals surface area contributed by atoms with Crippen LogP contribution in [0, 0.1) is 27.7 Å². The number of morpholine rings is 1. The average molecular weight is 1370 g/mol. The van der Waals surface area contributed by atoms with Gasteiger partial charge in [0, 0.05) is 135 Å². The lowest BCUT2D eigenvalue weighted by atomic mass is 10.00. The summed E-state index contributed by atoms with van der Waals surface area (Å²) in [5.41, 5.74) is 18.5. The van der Waals surface area contributed by atoms with E-state index in [1.807, 2.05) is 113 Å². The van der Waals surface area contributed by atoms with Gasteiger partial charge in [0.1, 0.15) is 11.6 Å². The van der Waals surface area contributed by atoms with E-state index >= 15 is 0 Å². The van der Waals surface area contributed by atoms with Crippen molar-refractivity contribution in [1.82, 2.24) is 49.8 Å². The first-order valence-corrected chi connectivity index (χ1v) is 33.6. The molecule has 25 heteroatoms. The van der Waals surface area contributed by atoms with Crippen molar-refractivity contribution < 1.29 is 4.74 Å². The summed E-state index contributed by atoms with van der Waals surface area (Å²) in [5, 5.41) is 21.9. The van der Waals surface area contributed by atoms with E-state index in [0.29, 0.717) is 47.2 Å². The second kappa shape index (κ2) is 29.6. The van der Waals surface area contributed by atoms with E-state index in [9.17, 15) is 0 Å². The Kier molecular flexibility index (Phi) is 20.8. The maximum Gasteiger partial charge on any atom is 0.227 e. The highest BCUT2D eigenvalue weighted by Gasteiger charge is 2.25. The standard InChI is InChI=1S/C27H32ClN7OS.C23H23ClN6S.C19H16ClN5S/c1-17-22(6-7-24(30-17)35-9-11-36-12-10-35)32-27-29-16-19-14-25(37)31-23-15-21(28)18(5-4-8-34(2)3)13-20(23)26(19)33-27;1-14-18(7-8-20(26-14)30-9-3-2-4-10-30)28-23-25-13-15-11-21(31)27-19-12-16(24)5-6-17(19)22(15)29-23;1-10-3-6-15(11(2)22-10)24-19-21-9-12-7-17(26)23-16-8-13(20)4-5-14(16)18(12)25-19/h6-7,13,15-16H,4-5,8-12,14H2,1-3H3,(H,31,37)(H,29,32,33);5-8,12-13H,2-4,9-11H2,1H3,(H,27,31)(H,25,28,29);3-6,8-9H,7H2,1-2H3,(H,23,26)(H,21,24,25). The summed E-state index contributed by atoms with van der Waals surface area (Å²) in [4.78, 5) is 51.1. The number of hydrogen-bond donors (Lipinski definition) is 6. The van der Waals surface area contributed by atoms with Crippen molar-refractivity contribution in [1.29, 1.82) is 0 Å². The van der Waals surface area contributed by atoms with E-state index < -0.39 is 0 Å². The van der Waals surface area contributed by atoms with Crippen molar-refractivity contribution >= 4 is 150 Å². The van der Waals surface area contributed by atoms with Gasteiger partial charge >= 0.3 is 0 Å². The lowest BCUT2D eigenvalue weighted by Crippen LogP contribution is -2.36. The minimum absolute atomic E-state index is 0.519. The van der Waals surface area contributed by atoms with Gasteiger partial charge < -0.3 is 51.3 Å². The Morgan fingerprint density at radius 3 is 1.39 bits per heavy atom. The first-order valence-electron chi connectivity index (χ1n) is 31.3. The molecule has 14 rings (SSSR count). The zero-order chi connectivity index (χ0) is 65.6. The van der Waals surface area contributed by atoms with Gasteiger partial charge in [0.25, 0.3) is 0 Å². The number of rotatable bonds is 12. The van der Waals surface area contributed by atoms with Crippen LogP contribution in [-0.4, -0.2) is 125 Å². The Morgan fingerprint density at radius 2 is 0.936 bits per heavy atom. The number of nitrogens with one attached hydrogen (secondary N) is 6. The average Bonchev–Trinajstić information content (AvgIpc) is 1.53. The summed E-state index contributed by atoms with van der Waals surface area (Å²) >= 11 is 35.5. The van der Waals surface area contributed by atoms with Crippen LogP contribution in [0.3, 0.4) is 0 Å². The third kappa shape index (κ3) is 16.0. The molecule has 6 aromatic heterocycles. The van der Waals surface area contributed by atoms with E-state index in [1.54, 1.807) is 0 Å². The Morgan fingerprint density at radius 1 is 0.500 bits per heavy atom. The quantitative estimate of drug-likeness (QED) is 0.0629. The molecule has 2 saturated heterocycles. The monoisotopic (exact) mass is 1370 g/mol. The molecular weight excluding hydrogens is 1300 g/mol. The normalized spacial score (nSPS) is 14.6. The van der Waals surface area contributed by atoms with Crippen LogP contribution in [0.4, 0.5) is 63.6 Å². The highest BCUT2D eigenvalue weighted by Crippen LogP contribution is 2.40. The lowest BCUT2D eigenvalue weighted by molar-refractivity contribution is 0.122. The van der Waals surface area contributed by atoms with Gasteiger partial charge in [0.2, 0.25) is 17.8 Å². The second-order valence-corrected chi connectivity index (χ2v) is 26.6. The number of benzene rings is 3. The maximum absolute atomic E-state index is 6.67. The van der Waals surface area contributed by atoms with Gasteiger partial charge in [-0.15, -0.1) is 0 Å². The van der Waals surface area contributed by atoms with E-state index in [1.165, 1.54) is 19.3 Å². The SMILES string of the molecule is Cc1ccc(Nc2ncc3c(n2)-c2ccc(Cl)cc2NC(=S)C3)c(C)n1.Cc1nc(N2CCCCC2)ccc1Nc1ncc2c(n1)-c1ccc(Cl)cc1NC(=S)C2.Cc1nc(N2CCOCC2)ccc1Nc1ncc2c(n1)-c1cc(CCCN(C)C)c(Cl)cc1NC(=S)C2. The molecule has 0 bridgehead atoms. The predicted octanol–water partition coefficient (Wildman–Crippen LogP) is 15.2. The Balaban J connectivity index is 0.000000137. The van der Waals surface area contributed by atoms with Gasteiger partial charge in [-0.05, 0) is 171 Å². The number of halogens is 3. The third-order valence-electron chi connectivity index (χ3n) is 16.6. The third-order valence-corrected chi connectivity index (χ3v) is 18.1. The molecule has 11 heterocycles. The minimum atomic E-state index is 0.519. The summed E-state index contributed by atoms with van der Waals surface area (Å²) < 4.78 is 5.46. The minimum Gasteiger partial charge on any atom is -0.378 e. The molecule has 5 aliphatic rings. The molecule has 0 radical (unpaired) electrons. The van der Waals surface area contributed by atoms with Gasteiger partial charge in [-0.25, -0.2) is 39.9 Å². The Hall–Kier alpha value is -8.19. The first kappa shape index (κ1) is 65.9. The number of anilines is 11. The van der Waals surface area contributed by atoms with Crippen LogP contribution < -0.4 is 41.7 Å². The fourth-order valence-electron chi connectivity index (χ4n) is 11.7. The van der Waals surface area contributed by atoms with Gasteiger partial charge in [-0.3, -0.25) is 4.98 Å². The molecule has 9 aromatic rings. The van der Waals surface area contributed by atoms with Crippen molar-refractivity contribution in [2.24, 2.45) is 0 Å². The van der Waals surface area contributed by atoms with E-state index in [4.69, 9.17) is 101 Å². The topological polar surface area (TPSA) is 207 Å². The summed E-state index contributed by atoms with van der Waals surface area (Å²) in [6.07, 6.45) is 12.9. The van der Waals surface area contributed by atoms with Crippen LogP contribution >= 0.6 is 71.5 Å². The summed E-state index contributed by atoms with van der Waals surface area (Å²) in [6, 6.07) is 27.6. The molecule has 0 spiro atoms. The number of thiocarbonyl (C=S) groups is 3. The zero-order valence-corrected chi connectivity index (χ0v) is 57.8. The van der Waals surface area contributed by atoms with Crippen LogP contribution in [-0.2, 0) is 30.4 Å². The van der Waals surface area contributed by atoms with Crippen LogP contribution in [0.5, 0.6) is 0 Å². The van der Waals surface area contributed by atoms with Crippen molar-refractivity contribution in [3.05, 3.63) is 164 Å². The lowest BCUT2D eigenvalue weighted by Gasteiger charge is -2.28. The van der Waals surface area contributed by atoms with Gasteiger partial charge in [0.05, 0.1) is 79.4 Å². The first-order chi connectivity index (χ1) is 45.4. The molecule has 5 aliphatic heterocycles. The highest BCUT2D eigenvalue weighted by atomic mass is 35.5. The molecule has 6 N–H and O–H groups in total. The number of fused-ring (bicyclic) bond motifs is 9. The number of nitrogens with zero attached hydrogens (tertiary/aromatic N) is 12. The van der Waals surface area contributed by atoms with E-state index in [2.05, 4.69) is 98.8 Å². The highest BCUT2D eigenvalue weighted by molar-refractivity contribution is 7.81. The van der Waals surface area contributed by atoms with Crippen LogP contribution in [0.15, 0.2) is 104 Å². The fraction of sp³-hybridized carbons (Fsp3) is 0.304. The summed E-state index contributed by atoms with van der Waals surface area (Å²) in [7, 11) is 4.16. The fourth-order valence-corrected chi connectivity index (χ4v) is 13.1. The number of piperidine rings is 1. The van der Waals surface area contributed by atoms with Crippen LogP contribution in [0.1, 0.15) is 70.7 Å². The van der Waals surface area contributed by atoms with E-state index in [0.717, 1.165) is 203 Å². The van der Waals surface area contributed by atoms with Crippen molar-refractivity contribution in [2.75, 3.05) is 102 Å². The second-order valence-electron chi connectivity index (χ2n) is 23.9. The van der Waals surface area contributed by atoms with Crippen molar-refractivity contribution in [3.8, 4) is 33.8 Å². The van der Waals surface area contributed by atoms with Gasteiger partial charge in [-0.2, -0.15) is 0 Å². The Bertz CT molecular complexity index is 4370. The number of hydrogen-bond acceptors (Lipinski definition) is 19. The van der Waals surface area contributed by atoms with Crippen molar-refractivity contribution in [3.63, 3.8) is 0 Å². The maximum atomic E-state index is 6.67. The zero-order valence-electron chi connectivity index (χ0n) is 53.1. The largest absolute Gasteiger partial charge is 0.378 e. The molecule has 0 amide bonds. The summed E-state index contributed by atoms with van der Waals surface area (Å²) in [5.74, 6) is 3.57. The predicted molar refractivity (Wildman–Crippen MR) is 395 cm³/mol. The van der Waals surface area contributed by atoms with Crippen molar-refractivity contribution in [2.45, 2.75) is 79.1 Å². The molecule has 19 nitrogen and oxygen atoms in total. The van der Waals surface area contributed by atoms with Crippen LogP contribution in [0.25, 0.3) is 33.8 Å². The van der Waals surface area contributed by atoms with Gasteiger partial charge in [0.15, 0.2) is 0 Å². The van der Waals surface area contributed by atoms with E-state index in [-0.39, 0.29) is 0 Å². The molecule has 482 valence electrons. The molecule has 0 aliphatic carbocycles. The molecular formula is C69H71Cl3N18OS3. The van der Waals surface area contributed by atoms with Gasteiger partial charge in [-0.1, -0.05) is 71.5 Å². The number of pyridine rings is 3. The number of ether oxygens (including phenoxy) is 1. The molecule has 94 heavy (non-hydrogen) atoms. The Labute approximate surface area is 578 Å². The molecule has 0 unspecified atom stereocenters. The summed E-state index contributed by atoms with van der Waals surface area (Å²) in [6.45, 7) is 14.2. The molecule has 3 aromatic carbocycles. The van der Waals surface area contributed by atoms with Crippen LogP contribution in [0.2, 0.25) is 15.1 Å². The molecule has 0 atom stereocenters. The number of aryl methyl sites for hydroxylation is 5. The molecule has 0 saturated carbocycles.